The van der Waals surface area contributed by atoms with Gasteiger partial charge in [0.15, 0.2) is 0 Å². The maximum atomic E-state index is 12.5. The van der Waals surface area contributed by atoms with E-state index in [1.807, 2.05) is 49.0 Å². The molecule has 1 amide bonds. The zero-order valence-electron chi connectivity index (χ0n) is 15.2. The van der Waals surface area contributed by atoms with Crippen molar-refractivity contribution in [1.29, 1.82) is 0 Å². The number of rotatable bonds is 8. The minimum Gasteiger partial charge on any atom is -0.345 e. The van der Waals surface area contributed by atoms with E-state index in [-0.39, 0.29) is 11.9 Å². The Morgan fingerprint density at radius 3 is 2.38 bits per heavy atom. The predicted octanol–water partition coefficient (Wildman–Crippen LogP) is 3.80. The Morgan fingerprint density at radius 1 is 1.12 bits per heavy atom. The van der Waals surface area contributed by atoms with Crippen LogP contribution in [0.3, 0.4) is 0 Å². The van der Waals surface area contributed by atoms with Gasteiger partial charge in [0.25, 0.3) is 5.91 Å². The van der Waals surface area contributed by atoms with Crippen LogP contribution < -0.4 is 10.0 Å². The lowest BCUT2D eigenvalue weighted by Crippen LogP contribution is -2.27. The van der Waals surface area contributed by atoms with Crippen molar-refractivity contribution in [3.63, 3.8) is 0 Å². The zero-order chi connectivity index (χ0) is 19.2. The first-order chi connectivity index (χ1) is 12.3. The Morgan fingerprint density at radius 2 is 1.77 bits per heavy atom. The molecule has 0 aliphatic carbocycles. The number of sulfonamides is 1. The van der Waals surface area contributed by atoms with Gasteiger partial charge in [0, 0.05) is 11.3 Å². The zero-order valence-corrected chi connectivity index (χ0v) is 16.8. The van der Waals surface area contributed by atoms with Crippen LogP contribution in [-0.4, -0.2) is 26.3 Å². The Bertz CT molecular complexity index is 849. The summed E-state index contributed by atoms with van der Waals surface area (Å²) in [6.07, 6.45) is 1.10. The number of anilines is 1. The summed E-state index contributed by atoms with van der Waals surface area (Å²) >= 11 is 1.83. The van der Waals surface area contributed by atoms with Gasteiger partial charge >= 0.3 is 0 Å². The van der Waals surface area contributed by atoms with Gasteiger partial charge in [-0.3, -0.25) is 9.52 Å². The molecule has 1 unspecified atom stereocenters. The molecule has 2 aromatic carbocycles. The van der Waals surface area contributed by atoms with Crippen LogP contribution in [0.2, 0.25) is 0 Å². The van der Waals surface area contributed by atoms with Gasteiger partial charge in [-0.1, -0.05) is 37.3 Å². The van der Waals surface area contributed by atoms with Gasteiger partial charge < -0.3 is 5.32 Å². The van der Waals surface area contributed by atoms with Crippen LogP contribution in [-0.2, 0) is 15.8 Å². The topological polar surface area (TPSA) is 75.3 Å². The molecule has 26 heavy (non-hydrogen) atoms. The van der Waals surface area contributed by atoms with Crippen molar-refractivity contribution in [3.8, 4) is 0 Å². The van der Waals surface area contributed by atoms with Crippen molar-refractivity contribution in [2.24, 2.45) is 0 Å². The van der Waals surface area contributed by atoms with Crippen molar-refractivity contribution in [1.82, 2.24) is 5.32 Å². The quantitative estimate of drug-likeness (QED) is 0.716. The van der Waals surface area contributed by atoms with Crippen molar-refractivity contribution in [3.05, 3.63) is 65.2 Å². The third-order valence-corrected chi connectivity index (χ3v) is 5.30. The molecule has 0 saturated carbocycles. The molecule has 2 aromatic rings. The number of thioether (sulfide) groups is 1. The third-order valence-electron chi connectivity index (χ3n) is 3.76. The largest absolute Gasteiger partial charge is 0.345 e. The first kappa shape index (κ1) is 20.3. The van der Waals surface area contributed by atoms with Crippen molar-refractivity contribution in [2.45, 2.75) is 25.6 Å². The highest BCUT2D eigenvalue weighted by Gasteiger charge is 2.16. The average Bonchev–Trinajstić information content (AvgIpc) is 2.59. The van der Waals surface area contributed by atoms with Gasteiger partial charge in [0.05, 0.1) is 18.0 Å². The third kappa shape index (κ3) is 6.07. The van der Waals surface area contributed by atoms with E-state index in [4.69, 9.17) is 0 Å². The number of amides is 1. The van der Waals surface area contributed by atoms with E-state index < -0.39 is 10.0 Å². The molecule has 0 radical (unpaired) electrons. The molecule has 140 valence electrons. The van der Waals surface area contributed by atoms with Crippen LogP contribution in [0.25, 0.3) is 0 Å². The van der Waals surface area contributed by atoms with Crippen LogP contribution in [0, 0.1) is 0 Å². The van der Waals surface area contributed by atoms with Gasteiger partial charge in [-0.2, -0.15) is 11.8 Å². The first-order valence-corrected chi connectivity index (χ1v) is 11.4. The summed E-state index contributed by atoms with van der Waals surface area (Å²) in [5.41, 5.74) is 2.94. The second kappa shape index (κ2) is 9.09. The summed E-state index contributed by atoms with van der Waals surface area (Å²) in [4.78, 5) is 12.5. The summed E-state index contributed by atoms with van der Waals surface area (Å²) in [7, 11) is -3.39. The fourth-order valence-electron chi connectivity index (χ4n) is 2.50. The van der Waals surface area contributed by atoms with Crippen molar-refractivity contribution < 1.29 is 13.2 Å². The second-order valence-corrected chi connectivity index (χ2v) is 9.01. The minimum absolute atomic E-state index is 0.193. The lowest BCUT2D eigenvalue weighted by molar-refractivity contribution is 0.0940. The molecule has 0 fully saturated rings. The average molecular weight is 393 g/mol. The van der Waals surface area contributed by atoms with Gasteiger partial charge in [0.1, 0.15) is 0 Å². The molecule has 0 aliphatic heterocycles. The fourth-order valence-corrected chi connectivity index (χ4v) is 3.71. The van der Waals surface area contributed by atoms with E-state index in [2.05, 4.69) is 17.0 Å². The summed E-state index contributed by atoms with van der Waals surface area (Å²) in [6, 6.07) is 14.2. The van der Waals surface area contributed by atoms with Gasteiger partial charge in [0.2, 0.25) is 10.0 Å². The maximum Gasteiger partial charge on any atom is 0.251 e. The molecule has 7 heteroatoms. The number of carbonyl (C=O) groups excluding carboxylic acids is 1. The lowest BCUT2D eigenvalue weighted by atomic mass is 10.1. The number of para-hydroxylation sites is 1. The Hall–Kier alpha value is -1.99. The van der Waals surface area contributed by atoms with Crippen molar-refractivity contribution in [2.75, 3.05) is 16.7 Å². The molecule has 1 atom stereocenters. The molecule has 5 nitrogen and oxygen atoms in total. The Labute approximate surface area is 159 Å². The van der Waals surface area contributed by atoms with Gasteiger partial charge in [-0.05, 0) is 42.0 Å². The highest BCUT2D eigenvalue weighted by molar-refractivity contribution is 7.98. The molecular weight excluding hydrogens is 368 g/mol. The van der Waals surface area contributed by atoms with Crippen LogP contribution in [0.4, 0.5) is 5.69 Å². The van der Waals surface area contributed by atoms with E-state index in [0.717, 1.165) is 17.8 Å². The van der Waals surface area contributed by atoms with E-state index >= 15 is 0 Å². The molecule has 0 aliphatic rings. The number of carbonyl (C=O) groups is 1. The second-order valence-electron chi connectivity index (χ2n) is 5.99. The lowest BCUT2D eigenvalue weighted by Gasteiger charge is -2.18. The summed E-state index contributed by atoms with van der Waals surface area (Å²) in [5, 5.41) is 2.92. The van der Waals surface area contributed by atoms with E-state index in [0.29, 0.717) is 16.8 Å². The van der Waals surface area contributed by atoms with E-state index in [1.54, 1.807) is 18.2 Å². The summed E-state index contributed by atoms with van der Waals surface area (Å²) < 4.78 is 25.5. The number of benzene rings is 2. The number of hydrogen-bond acceptors (Lipinski definition) is 4. The van der Waals surface area contributed by atoms with Crippen LogP contribution in [0.15, 0.2) is 48.5 Å². The summed E-state index contributed by atoms with van der Waals surface area (Å²) in [6.45, 7) is 3.94. The highest BCUT2D eigenvalue weighted by atomic mass is 32.2. The monoisotopic (exact) mass is 392 g/mol. The van der Waals surface area contributed by atoms with Crippen LogP contribution >= 0.6 is 11.8 Å². The first-order valence-electron chi connectivity index (χ1n) is 8.34. The molecule has 0 bridgehead atoms. The maximum absolute atomic E-state index is 12.5. The number of nitrogens with one attached hydrogen (secondary N) is 2. The fraction of sp³-hybridized carbons (Fsp3) is 0.316. The normalized spacial score (nSPS) is 12.4. The molecule has 0 spiro atoms. The highest BCUT2D eigenvalue weighted by Crippen LogP contribution is 2.23. The van der Waals surface area contributed by atoms with E-state index in [9.17, 15) is 13.2 Å². The predicted molar refractivity (Wildman–Crippen MR) is 109 cm³/mol. The Balaban J connectivity index is 2.10. The molecule has 0 saturated heterocycles. The molecule has 0 heterocycles. The number of hydrogen-bond donors (Lipinski definition) is 2. The van der Waals surface area contributed by atoms with Gasteiger partial charge in [-0.25, -0.2) is 8.42 Å². The minimum atomic E-state index is -3.39. The Kier molecular flexibility index (Phi) is 7.11. The van der Waals surface area contributed by atoms with Crippen LogP contribution in [0.5, 0.6) is 0 Å². The molecular formula is C19H24N2O3S2. The molecule has 2 rings (SSSR count). The van der Waals surface area contributed by atoms with E-state index in [1.165, 1.54) is 5.56 Å². The molecule has 2 N–H and O–H groups in total. The van der Waals surface area contributed by atoms with Crippen LogP contribution in [0.1, 0.15) is 41.4 Å². The summed E-state index contributed by atoms with van der Waals surface area (Å²) in [5.74, 6) is 1.79. The van der Waals surface area contributed by atoms with Crippen molar-refractivity contribution >= 4 is 33.4 Å². The smallest absolute Gasteiger partial charge is 0.251 e. The molecule has 0 aromatic heterocycles. The standard InChI is InChI=1S/C19H24N2O3S2/c1-4-25-13-15-9-11-16(12-10-15)19(22)20-14(2)17-7-5-6-8-18(17)21-26(3,23)24/h5-12,14,21H,4,13H2,1-3H3,(H,20,22). The SMILES string of the molecule is CCSCc1ccc(C(=O)NC(C)c2ccccc2NS(C)(=O)=O)cc1. The van der Waals surface area contributed by atoms with Gasteiger partial charge in [-0.15, -0.1) is 0 Å².